The molecule has 3 rings (SSSR count). The molecule has 7 nitrogen and oxygen atoms in total. The van der Waals surface area contributed by atoms with Gasteiger partial charge in [-0.2, -0.15) is 0 Å². The van der Waals surface area contributed by atoms with Crippen LogP contribution in [-0.4, -0.2) is 44.1 Å². The van der Waals surface area contributed by atoms with Crippen molar-refractivity contribution in [3.05, 3.63) is 5.82 Å². The van der Waals surface area contributed by atoms with Crippen LogP contribution in [0.15, 0.2) is 0 Å². The van der Waals surface area contributed by atoms with E-state index in [1.165, 1.54) is 25.7 Å². The van der Waals surface area contributed by atoms with Gasteiger partial charge in [0.25, 0.3) is 0 Å². The van der Waals surface area contributed by atoms with E-state index in [9.17, 15) is 4.79 Å². The van der Waals surface area contributed by atoms with Gasteiger partial charge in [0.1, 0.15) is 0 Å². The molecule has 24 heavy (non-hydrogen) atoms. The maximum absolute atomic E-state index is 11.4. The molecule has 1 amide bonds. The second kappa shape index (κ2) is 7.59. The third-order valence-electron chi connectivity index (χ3n) is 5.55. The van der Waals surface area contributed by atoms with Gasteiger partial charge in [-0.25, -0.2) is 4.68 Å². The van der Waals surface area contributed by atoms with Crippen LogP contribution in [0.4, 0.5) is 0 Å². The van der Waals surface area contributed by atoms with Crippen molar-refractivity contribution in [3.63, 3.8) is 0 Å². The summed E-state index contributed by atoms with van der Waals surface area (Å²) < 4.78 is 2.08. The first-order valence-electron chi connectivity index (χ1n) is 9.37. The number of nitrogens with two attached hydrogens (primary N) is 1. The van der Waals surface area contributed by atoms with Crippen LogP contribution in [0.1, 0.15) is 76.7 Å². The minimum absolute atomic E-state index is 0.0202. The lowest BCUT2D eigenvalue weighted by molar-refractivity contribution is -0.123. The van der Waals surface area contributed by atoms with Crippen LogP contribution in [0.25, 0.3) is 0 Å². The van der Waals surface area contributed by atoms with Crippen molar-refractivity contribution in [2.24, 2.45) is 17.6 Å². The molecular formula is C17H30N6O. The van der Waals surface area contributed by atoms with Crippen LogP contribution in [0.2, 0.25) is 0 Å². The van der Waals surface area contributed by atoms with Crippen molar-refractivity contribution in [3.8, 4) is 0 Å². The van der Waals surface area contributed by atoms with Crippen molar-refractivity contribution < 1.29 is 4.79 Å². The number of primary amides is 1. The normalized spacial score (nSPS) is 22.3. The van der Waals surface area contributed by atoms with Gasteiger partial charge in [0.2, 0.25) is 5.91 Å². The molecule has 2 heterocycles. The number of tetrazole rings is 1. The summed E-state index contributed by atoms with van der Waals surface area (Å²) in [6.45, 7) is 6.27. The monoisotopic (exact) mass is 334 g/mol. The predicted molar refractivity (Wildman–Crippen MR) is 91.0 cm³/mol. The SMILES string of the molecule is CC(C)C[C@@H](c1nnnn1C1CCCC1)N1CCC(C(N)=O)CC1. The number of carbonyl (C=O) groups is 1. The summed E-state index contributed by atoms with van der Waals surface area (Å²) in [6, 6.07) is 0.683. The molecule has 134 valence electrons. The maximum Gasteiger partial charge on any atom is 0.220 e. The third-order valence-corrected chi connectivity index (χ3v) is 5.55. The Morgan fingerprint density at radius 1 is 1.21 bits per heavy atom. The summed E-state index contributed by atoms with van der Waals surface area (Å²) in [6.07, 6.45) is 7.61. The Morgan fingerprint density at radius 2 is 1.88 bits per heavy atom. The van der Waals surface area contributed by atoms with Crippen molar-refractivity contribution in [2.75, 3.05) is 13.1 Å². The summed E-state index contributed by atoms with van der Waals surface area (Å²) in [5.41, 5.74) is 5.48. The molecule has 0 unspecified atom stereocenters. The smallest absolute Gasteiger partial charge is 0.220 e. The molecule has 1 aromatic rings. The number of likely N-dealkylation sites (tertiary alicyclic amines) is 1. The van der Waals surface area contributed by atoms with Gasteiger partial charge in [-0.3, -0.25) is 9.69 Å². The minimum Gasteiger partial charge on any atom is -0.369 e. The quantitative estimate of drug-likeness (QED) is 0.860. The molecule has 2 fully saturated rings. The number of nitrogens with zero attached hydrogens (tertiary/aromatic N) is 5. The van der Waals surface area contributed by atoms with Gasteiger partial charge in [0.15, 0.2) is 5.82 Å². The van der Waals surface area contributed by atoms with Crippen LogP contribution in [-0.2, 0) is 4.79 Å². The zero-order valence-corrected chi connectivity index (χ0v) is 14.9. The number of amides is 1. The van der Waals surface area contributed by atoms with Crippen molar-refractivity contribution in [2.45, 2.75) is 70.9 Å². The lowest BCUT2D eigenvalue weighted by Crippen LogP contribution is -2.41. The second-order valence-electron chi connectivity index (χ2n) is 7.78. The zero-order valence-electron chi connectivity index (χ0n) is 14.9. The highest BCUT2D eigenvalue weighted by Gasteiger charge is 2.33. The average Bonchev–Trinajstić information content (AvgIpc) is 3.23. The fourth-order valence-electron chi connectivity index (χ4n) is 4.19. The molecule has 1 aliphatic heterocycles. The van der Waals surface area contributed by atoms with E-state index in [0.717, 1.165) is 38.2 Å². The predicted octanol–water partition coefficient (Wildman–Crippen LogP) is 2.07. The molecule has 1 saturated heterocycles. The van der Waals surface area contributed by atoms with E-state index in [0.29, 0.717) is 12.0 Å². The Morgan fingerprint density at radius 3 is 2.46 bits per heavy atom. The molecule has 0 spiro atoms. The van der Waals surface area contributed by atoms with Crippen LogP contribution >= 0.6 is 0 Å². The fourth-order valence-corrected chi connectivity index (χ4v) is 4.19. The van der Waals surface area contributed by atoms with Crippen molar-refractivity contribution >= 4 is 5.91 Å². The summed E-state index contributed by atoms with van der Waals surface area (Å²) in [7, 11) is 0. The van der Waals surface area contributed by atoms with Crippen LogP contribution in [0.5, 0.6) is 0 Å². The minimum atomic E-state index is -0.161. The summed E-state index contributed by atoms with van der Waals surface area (Å²) >= 11 is 0. The highest BCUT2D eigenvalue weighted by atomic mass is 16.1. The molecular weight excluding hydrogens is 304 g/mol. The molecule has 0 aromatic carbocycles. The topological polar surface area (TPSA) is 89.9 Å². The molecule has 1 saturated carbocycles. The Labute approximate surface area is 144 Å². The molecule has 0 radical (unpaired) electrons. The maximum atomic E-state index is 11.4. The van der Waals surface area contributed by atoms with Gasteiger partial charge in [-0.15, -0.1) is 5.10 Å². The lowest BCUT2D eigenvalue weighted by atomic mass is 9.93. The lowest BCUT2D eigenvalue weighted by Gasteiger charge is -2.37. The first-order valence-corrected chi connectivity index (χ1v) is 9.37. The Hall–Kier alpha value is -1.50. The Balaban J connectivity index is 1.77. The molecule has 1 atom stereocenters. The number of hydrogen-bond acceptors (Lipinski definition) is 5. The van der Waals surface area contributed by atoms with Crippen LogP contribution in [0, 0.1) is 11.8 Å². The molecule has 7 heteroatoms. The van der Waals surface area contributed by atoms with Crippen LogP contribution in [0.3, 0.4) is 0 Å². The third kappa shape index (κ3) is 3.77. The number of hydrogen-bond donors (Lipinski definition) is 1. The Kier molecular flexibility index (Phi) is 5.48. The highest BCUT2D eigenvalue weighted by Crippen LogP contribution is 2.35. The second-order valence-corrected chi connectivity index (χ2v) is 7.78. The summed E-state index contributed by atoms with van der Waals surface area (Å²) in [4.78, 5) is 13.9. The van der Waals surface area contributed by atoms with E-state index < -0.39 is 0 Å². The number of rotatable bonds is 6. The van der Waals surface area contributed by atoms with E-state index in [2.05, 4.69) is 39.0 Å². The van der Waals surface area contributed by atoms with Crippen LogP contribution < -0.4 is 5.73 Å². The van der Waals surface area contributed by atoms with Gasteiger partial charge >= 0.3 is 0 Å². The summed E-state index contributed by atoms with van der Waals surface area (Å²) in [5.74, 6) is 1.43. The number of aromatic nitrogens is 4. The standard InChI is InChI=1S/C17H30N6O/c1-12(2)11-15(22-9-7-13(8-10-22)16(18)24)17-19-20-21-23(17)14-5-3-4-6-14/h12-15H,3-11H2,1-2H3,(H2,18,24)/t15-/m0/s1. The van der Waals surface area contributed by atoms with E-state index in [4.69, 9.17) is 5.73 Å². The van der Waals surface area contributed by atoms with E-state index in [1.54, 1.807) is 0 Å². The Bertz CT molecular complexity index is 543. The van der Waals surface area contributed by atoms with Crippen molar-refractivity contribution in [1.29, 1.82) is 0 Å². The highest BCUT2D eigenvalue weighted by molar-refractivity contribution is 5.76. The first-order chi connectivity index (χ1) is 11.6. The average molecular weight is 334 g/mol. The van der Waals surface area contributed by atoms with E-state index in [1.807, 2.05) is 0 Å². The fraction of sp³-hybridized carbons (Fsp3) is 0.882. The first kappa shape index (κ1) is 17.3. The van der Waals surface area contributed by atoms with E-state index in [-0.39, 0.29) is 17.9 Å². The molecule has 1 aromatic heterocycles. The molecule has 1 aliphatic carbocycles. The molecule has 2 N–H and O–H groups in total. The van der Waals surface area contributed by atoms with Crippen molar-refractivity contribution in [1.82, 2.24) is 25.1 Å². The van der Waals surface area contributed by atoms with Gasteiger partial charge in [0, 0.05) is 5.92 Å². The largest absolute Gasteiger partial charge is 0.369 e. The number of carbonyl (C=O) groups excluding carboxylic acids is 1. The summed E-state index contributed by atoms with van der Waals surface area (Å²) in [5, 5.41) is 12.7. The molecule has 0 bridgehead atoms. The van der Waals surface area contributed by atoms with E-state index >= 15 is 0 Å². The molecule has 2 aliphatic rings. The van der Waals surface area contributed by atoms with Gasteiger partial charge in [-0.1, -0.05) is 26.7 Å². The zero-order chi connectivity index (χ0) is 17.1. The van der Waals surface area contributed by atoms with Gasteiger partial charge < -0.3 is 5.73 Å². The van der Waals surface area contributed by atoms with Gasteiger partial charge in [0.05, 0.1) is 12.1 Å². The van der Waals surface area contributed by atoms with Gasteiger partial charge in [-0.05, 0) is 61.5 Å². The number of piperidine rings is 1.